The summed E-state index contributed by atoms with van der Waals surface area (Å²) in [4.78, 5) is 23.6. The molecule has 0 spiro atoms. The Morgan fingerprint density at radius 2 is 1.11 bits per heavy atom. The van der Waals surface area contributed by atoms with Gasteiger partial charge in [0.25, 0.3) is 0 Å². The fraction of sp³-hybridized carbons (Fsp3) is 0.571. The molecule has 0 saturated heterocycles. The maximum Gasteiger partial charge on any atom is 0.338 e. The lowest BCUT2D eigenvalue weighted by molar-refractivity contribution is -0.142. The normalized spacial score (nSPS) is 12.2. The zero-order chi connectivity index (χ0) is 14.0. The van der Waals surface area contributed by atoms with Gasteiger partial charge in [0, 0.05) is 0 Å². The summed E-state index contributed by atoms with van der Waals surface area (Å²) in [6.45, 7) is 7.82. The van der Waals surface area contributed by atoms with Gasteiger partial charge < -0.3 is 9.47 Å². The maximum atomic E-state index is 11.8. The quantitative estimate of drug-likeness (QED) is 0.398. The molecule has 4 heteroatoms. The van der Waals surface area contributed by atoms with Gasteiger partial charge in [-0.05, 0) is 26.7 Å². The van der Waals surface area contributed by atoms with Crippen LogP contribution >= 0.6 is 0 Å². The van der Waals surface area contributed by atoms with Gasteiger partial charge in [-0.2, -0.15) is 0 Å². The largest absolute Gasteiger partial charge is 0.462 e. The molecule has 0 bridgehead atoms. The zero-order valence-corrected chi connectivity index (χ0v) is 11.6. The van der Waals surface area contributed by atoms with E-state index >= 15 is 0 Å². The standard InChI is InChI=1S/C14H22O4/c1-5-9-11(13(15)17-7-3)12(10-6-2)14(16)18-8-4/h9-10H,5-8H2,1-4H3. The highest BCUT2D eigenvalue weighted by molar-refractivity contribution is 6.06. The van der Waals surface area contributed by atoms with E-state index in [1.165, 1.54) is 0 Å². The molecule has 0 heterocycles. The molecule has 0 amide bonds. The second kappa shape index (κ2) is 9.45. The highest BCUT2D eigenvalue weighted by atomic mass is 16.5. The van der Waals surface area contributed by atoms with E-state index in [-0.39, 0.29) is 13.2 Å². The van der Waals surface area contributed by atoms with Gasteiger partial charge in [0.05, 0.1) is 24.4 Å². The van der Waals surface area contributed by atoms with Crippen LogP contribution in [0.2, 0.25) is 0 Å². The first kappa shape index (κ1) is 16.4. The summed E-state index contributed by atoms with van der Waals surface area (Å²) in [6, 6.07) is 0. The molecule has 0 radical (unpaired) electrons. The fourth-order valence-electron chi connectivity index (χ4n) is 1.43. The Morgan fingerprint density at radius 1 is 0.778 bits per heavy atom. The number of carbonyl (C=O) groups excluding carboxylic acids is 2. The Balaban J connectivity index is 5.26. The van der Waals surface area contributed by atoms with Crippen LogP contribution in [-0.2, 0) is 19.1 Å². The number of rotatable bonds is 7. The maximum absolute atomic E-state index is 11.8. The topological polar surface area (TPSA) is 52.6 Å². The van der Waals surface area contributed by atoms with Gasteiger partial charge in [0.15, 0.2) is 0 Å². The zero-order valence-electron chi connectivity index (χ0n) is 11.6. The Bertz CT molecular complexity index is 306. The predicted molar refractivity (Wildman–Crippen MR) is 70.0 cm³/mol. The molecule has 0 N–H and O–H groups in total. The summed E-state index contributed by atoms with van der Waals surface area (Å²) in [5, 5.41) is 0. The van der Waals surface area contributed by atoms with Gasteiger partial charge >= 0.3 is 11.9 Å². The third-order valence-electron chi connectivity index (χ3n) is 2.10. The third-order valence-corrected chi connectivity index (χ3v) is 2.10. The van der Waals surface area contributed by atoms with Crippen molar-refractivity contribution in [2.24, 2.45) is 0 Å². The van der Waals surface area contributed by atoms with Gasteiger partial charge in [0.1, 0.15) is 0 Å². The van der Waals surface area contributed by atoms with Crippen LogP contribution in [0.25, 0.3) is 0 Å². The van der Waals surface area contributed by atoms with Gasteiger partial charge in [0.2, 0.25) is 0 Å². The van der Waals surface area contributed by atoms with Crippen LogP contribution < -0.4 is 0 Å². The lowest BCUT2D eigenvalue weighted by atomic mass is 10.0. The van der Waals surface area contributed by atoms with E-state index in [0.717, 1.165) is 0 Å². The molecule has 0 aromatic rings. The Kier molecular flexibility index (Phi) is 8.62. The number of allylic oxidation sites excluding steroid dienone is 2. The van der Waals surface area contributed by atoms with Crippen molar-refractivity contribution in [1.29, 1.82) is 0 Å². The molecule has 0 unspecified atom stereocenters. The summed E-state index contributed by atoms with van der Waals surface area (Å²) in [7, 11) is 0. The van der Waals surface area contributed by atoms with Crippen molar-refractivity contribution in [2.75, 3.05) is 13.2 Å². The minimum absolute atomic E-state index is 0.280. The molecule has 0 aliphatic rings. The average molecular weight is 254 g/mol. The molecule has 0 aliphatic carbocycles. The first-order valence-corrected chi connectivity index (χ1v) is 6.37. The van der Waals surface area contributed by atoms with E-state index in [2.05, 4.69) is 0 Å². The Hall–Kier alpha value is -1.58. The average Bonchev–Trinajstić information content (AvgIpc) is 2.34. The summed E-state index contributed by atoms with van der Waals surface area (Å²) >= 11 is 0. The first-order chi connectivity index (χ1) is 8.62. The van der Waals surface area contributed by atoms with Gasteiger partial charge in [-0.25, -0.2) is 9.59 Å². The molecule has 0 aliphatic heterocycles. The minimum Gasteiger partial charge on any atom is -0.462 e. The number of hydrogen-bond acceptors (Lipinski definition) is 4. The van der Waals surface area contributed by atoms with E-state index in [0.29, 0.717) is 24.0 Å². The Labute approximate surface area is 109 Å². The summed E-state index contributed by atoms with van der Waals surface area (Å²) < 4.78 is 9.91. The molecule has 102 valence electrons. The number of ether oxygens (including phenoxy) is 2. The van der Waals surface area contributed by atoms with Crippen LogP contribution in [0, 0.1) is 0 Å². The summed E-state index contributed by atoms with van der Waals surface area (Å²) in [6.07, 6.45) is 4.68. The Morgan fingerprint density at radius 3 is 1.33 bits per heavy atom. The minimum atomic E-state index is -0.480. The summed E-state index contributed by atoms with van der Waals surface area (Å²) in [5.74, 6) is -0.959. The van der Waals surface area contributed by atoms with Crippen molar-refractivity contribution in [3.05, 3.63) is 23.3 Å². The monoisotopic (exact) mass is 254 g/mol. The van der Waals surface area contributed by atoms with Crippen molar-refractivity contribution < 1.29 is 19.1 Å². The molecular formula is C14H22O4. The van der Waals surface area contributed by atoms with Crippen LogP contribution in [0.4, 0.5) is 0 Å². The first-order valence-electron chi connectivity index (χ1n) is 6.37. The fourth-order valence-corrected chi connectivity index (χ4v) is 1.43. The second-order valence-corrected chi connectivity index (χ2v) is 3.49. The molecule has 0 rings (SSSR count). The highest BCUT2D eigenvalue weighted by Gasteiger charge is 2.21. The van der Waals surface area contributed by atoms with Gasteiger partial charge in [-0.3, -0.25) is 0 Å². The summed E-state index contributed by atoms with van der Waals surface area (Å²) in [5.41, 5.74) is 0.583. The van der Waals surface area contributed by atoms with Crippen molar-refractivity contribution in [1.82, 2.24) is 0 Å². The molecule has 0 saturated carbocycles. The van der Waals surface area contributed by atoms with Crippen molar-refractivity contribution in [2.45, 2.75) is 40.5 Å². The lowest BCUT2D eigenvalue weighted by Crippen LogP contribution is -2.17. The van der Waals surface area contributed by atoms with Crippen molar-refractivity contribution in [3.8, 4) is 0 Å². The molecule has 4 nitrogen and oxygen atoms in total. The molecule has 0 aromatic carbocycles. The van der Waals surface area contributed by atoms with Crippen LogP contribution in [0.1, 0.15) is 40.5 Å². The second-order valence-electron chi connectivity index (χ2n) is 3.49. The molecular weight excluding hydrogens is 232 g/mol. The number of esters is 2. The lowest BCUT2D eigenvalue weighted by Gasteiger charge is -2.10. The van der Waals surface area contributed by atoms with E-state index in [9.17, 15) is 9.59 Å². The van der Waals surface area contributed by atoms with Gasteiger partial charge in [-0.1, -0.05) is 26.0 Å². The number of carbonyl (C=O) groups is 2. The SMILES string of the molecule is CCC=C(C(=O)OCC)C(=CCC)C(=O)OCC. The van der Waals surface area contributed by atoms with Crippen LogP contribution in [0.5, 0.6) is 0 Å². The number of hydrogen-bond donors (Lipinski definition) is 0. The van der Waals surface area contributed by atoms with E-state index in [4.69, 9.17) is 9.47 Å². The smallest absolute Gasteiger partial charge is 0.338 e. The molecule has 18 heavy (non-hydrogen) atoms. The van der Waals surface area contributed by atoms with Crippen LogP contribution in [-0.4, -0.2) is 25.2 Å². The van der Waals surface area contributed by atoms with Crippen LogP contribution in [0.15, 0.2) is 23.3 Å². The van der Waals surface area contributed by atoms with Crippen molar-refractivity contribution in [3.63, 3.8) is 0 Å². The third kappa shape index (κ3) is 5.17. The predicted octanol–water partition coefficient (Wildman–Crippen LogP) is 2.79. The van der Waals surface area contributed by atoms with Gasteiger partial charge in [-0.15, -0.1) is 0 Å². The van der Waals surface area contributed by atoms with E-state index < -0.39 is 11.9 Å². The molecule has 0 fully saturated rings. The highest BCUT2D eigenvalue weighted by Crippen LogP contribution is 2.16. The molecule has 0 atom stereocenters. The van der Waals surface area contributed by atoms with Crippen LogP contribution in [0.3, 0.4) is 0 Å². The van der Waals surface area contributed by atoms with E-state index in [1.807, 2.05) is 13.8 Å². The molecule has 0 aromatic heterocycles. The van der Waals surface area contributed by atoms with E-state index in [1.54, 1.807) is 26.0 Å². The van der Waals surface area contributed by atoms with Crippen molar-refractivity contribution >= 4 is 11.9 Å².